The smallest absolute Gasteiger partial charge is 0.252 e. The zero-order chi connectivity index (χ0) is 19.6. The largest absolute Gasteiger partial charge is 0.508 e. The Kier molecular flexibility index (Phi) is 5.23. The lowest BCUT2D eigenvalue weighted by Crippen LogP contribution is -2.27. The SMILES string of the molecule is CN(C)CCCNC(=O)c1cc(O)cc2occ(-c3cc(O)cc(O)c3)c12. The van der Waals surface area contributed by atoms with Gasteiger partial charge in [0.25, 0.3) is 5.91 Å². The average molecular weight is 370 g/mol. The van der Waals surface area contributed by atoms with Gasteiger partial charge in [-0.25, -0.2) is 0 Å². The third kappa shape index (κ3) is 4.15. The van der Waals surface area contributed by atoms with Crippen molar-refractivity contribution < 1.29 is 24.5 Å². The summed E-state index contributed by atoms with van der Waals surface area (Å²) in [7, 11) is 3.92. The molecular weight excluding hydrogens is 348 g/mol. The Morgan fingerprint density at radius 2 is 1.70 bits per heavy atom. The quantitative estimate of drug-likeness (QED) is 0.497. The number of nitrogens with zero attached hydrogens (tertiary/aromatic N) is 1. The fraction of sp³-hybridized carbons (Fsp3) is 0.250. The molecule has 142 valence electrons. The van der Waals surface area contributed by atoms with Crippen LogP contribution in [-0.4, -0.2) is 53.3 Å². The number of nitrogens with one attached hydrogen (secondary N) is 1. The summed E-state index contributed by atoms with van der Waals surface area (Å²) in [5.41, 5.74) is 1.64. The molecule has 0 unspecified atom stereocenters. The number of hydrogen-bond acceptors (Lipinski definition) is 6. The molecular formula is C20H22N2O5. The molecule has 0 fully saturated rings. The lowest BCUT2D eigenvalue weighted by atomic mass is 9.99. The molecule has 0 radical (unpaired) electrons. The fourth-order valence-electron chi connectivity index (χ4n) is 2.99. The number of hydrogen-bond donors (Lipinski definition) is 4. The fourth-order valence-corrected chi connectivity index (χ4v) is 2.99. The van der Waals surface area contributed by atoms with Gasteiger partial charge in [0.05, 0.1) is 11.8 Å². The molecule has 27 heavy (non-hydrogen) atoms. The van der Waals surface area contributed by atoms with Crippen LogP contribution in [0.15, 0.2) is 41.0 Å². The van der Waals surface area contributed by atoms with Crippen LogP contribution in [-0.2, 0) is 0 Å². The molecule has 0 saturated heterocycles. The second kappa shape index (κ2) is 7.59. The van der Waals surface area contributed by atoms with Gasteiger partial charge in [0.2, 0.25) is 0 Å². The predicted molar refractivity (Wildman–Crippen MR) is 102 cm³/mol. The maximum Gasteiger partial charge on any atom is 0.252 e. The van der Waals surface area contributed by atoms with E-state index in [4.69, 9.17) is 4.42 Å². The second-order valence-corrected chi connectivity index (χ2v) is 6.67. The molecule has 0 spiro atoms. The zero-order valence-electron chi connectivity index (χ0n) is 15.2. The van der Waals surface area contributed by atoms with E-state index in [0.717, 1.165) is 13.0 Å². The molecule has 0 aliphatic carbocycles. The van der Waals surface area contributed by atoms with Gasteiger partial charge in [-0.1, -0.05) is 0 Å². The van der Waals surface area contributed by atoms with Gasteiger partial charge in [-0.2, -0.15) is 0 Å². The number of fused-ring (bicyclic) bond motifs is 1. The van der Waals surface area contributed by atoms with Gasteiger partial charge in [0.15, 0.2) is 0 Å². The van der Waals surface area contributed by atoms with E-state index in [2.05, 4.69) is 5.32 Å². The summed E-state index contributed by atoms with van der Waals surface area (Å²) in [6, 6.07) is 6.96. The highest BCUT2D eigenvalue weighted by atomic mass is 16.3. The first kappa shape index (κ1) is 18.6. The lowest BCUT2D eigenvalue weighted by Gasteiger charge is -2.11. The van der Waals surface area contributed by atoms with Gasteiger partial charge in [-0.15, -0.1) is 0 Å². The summed E-state index contributed by atoms with van der Waals surface area (Å²) in [5.74, 6) is -0.622. The lowest BCUT2D eigenvalue weighted by molar-refractivity contribution is 0.0953. The van der Waals surface area contributed by atoms with Crippen LogP contribution in [0.2, 0.25) is 0 Å². The molecule has 3 rings (SSSR count). The van der Waals surface area contributed by atoms with Crippen LogP contribution in [0.25, 0.3) is 22.1 Å². The maximum atomic E-state index is 12.7. The summed E-state index contributed by atoms with van der Waals surface area (Å²) in [6.07, 6.45) is 2.22. The van der Waals surface area contributed by atoms with Crippen molar-refractivity contribution in [2.45, 2.75) is 6.42 Å². The van der Waals surface area contributed by atoms with Gasteiger partial charge in [0.1, 0.15) is 22.8 Å². The molecule has 0 atom stereocenters. The van der Waals surface area contributed by atoms with E-state index in [1.807, 2.05) is 19.0 Å². The monoisotopic (exact) mass is 370 g/mol. The minimum Gasteiger partial charge on any atom is -0.508 e. The van der Waals surface area contributed by atoms with E-state index in [-0.39, 0.29) is 28.7 Å². The van der Waals surface area contributed by atoms with Crippen molar-refractivity contribution in [3.8, 4) is 28.4 Å². The Bertz CT molecular complexity index is 958. The molecule has 1 aromatic heterocycles. The number of carbonyl (C=O) groups is 1. The number of aromatic hydroxyl groups is 3. The number of rotatable bonds is 6. The van der Waals surface area contributed by atoms with Gasteiger partial charge in [-0.3, -0.25) is 4.79 Å². The summed E-state index contributed by atoms with van der Waals surface area (Å²) in [4.78, 5) is 14.7. The Morgan fingerprint density at radius 3 is 2.37 bits per heavy atom. The first-order valence-electron chi connectivity index (χ1n) is 8.55. The van der Waals surface area contributed by atoms with E-state index in [1.165, 1.54) is 36.6 Å². The van der Waals surface area contributed by atoms with E-state index in [1.54, 1.807) is 0 Å². The van der Waals surface area contributed by atoms with Crippen LogP contribution >= 0.6 is 0 Å². The second-order valence-electron chi connectivity index (χ2n) is 6.67. The first-order chi connectivity index (χ1) is 12.8. The number of phenolic OH excluding ortho intramolecular Hbond substituents is 3. The average Bonchev–Trinajstić information content (AvgIpc) is 3.00. The Balaban J connectivity index is 1.99. The van der Waals surface area contributed by atoms with Crippen molar-refractivity contribution in [1.29, 1.82) is 0 Å². The molecule has 1 heterocycles. The summed E-state index contributed by atoms with van der Waals surface area (Å²) < 4.78 is 5.50. The normalized spacial score (nSPS) is 11.2. The standard InChI is InChI=1S/C20H22N2O5/c1-22(2)5-3-4-21-20(26)16-9-15(25)10-18-19(16)17(11-27-18)12-6-13(23)8-14(24)7-12/h6-11,23-25H,3-5H2,1-2H3,(H,21,26). The molecule has 1 amide bonds. The number of benzene rings is 2. The highest BCUT2D eigenvalue weighted by molar-refractivity contribution is 6.11. The van der Waals surface area contributed by atoms with E-state index < -0.39 is 0 Å². The molecule has 4 N–H and O–H groups in total. The summed E-state index contributed by atoms with van der Waals surface area (Å²) in [5, 5.41) is 32.8. The van der Waals surface area contributed by atoms with Crippen molar-refractivity contribution in [2.24, 2.45) is 0 Å². The molecule has 7 nitrogen and oxygen atoms in total. The molecule has 0 aliphatic heterocycles. The Hall–Kier alpha value is -3.19. The van der Waals surface area contributed by atoms with Gasteiger partial charge >= 0.3 is 0 Å². The van der Waals surface area contributed by atoms with Crippen molar-refractivity contribution in [3.05, 3.63) is 42.2 Å². The molecule has 7 heteroatoms. The minimum atomic E-state index is -0.332. The number of amides is 1. The van der Waals surface area contributed by atoms with E-state index in [9.17, 15) is 20.1 Å². The highest BCUT2D eigenvalue weighted by Gasteiger charge is 2.19. The first-order valence-corrected chi connectivity index (χ1v) is 8.55. The Labute approximate surface area is 156 Å². The molecule has 2 aromatic carbocycles. The third-order valence-corrected chi connectivity index (χ3v) is 4.19. The van der Waals surface area contributed by atoms with Crippen LogP contribution in [0.4, 0.5) is 0 Å². The van der Waals surface area contributed by atoms with Crippen LogP contribution < -0.4 is 5.32 Å². The van der Waals surface area contributed by atoms with Crippen LogP contribution in [0.5, 0.6) is 17.2 Å². The van der Waals surface area contributed by atoms with Gasteiger partial charge in [0, 0.05) is 29.6 Å². The number of furan rings is 1. The van der Waals surface area contributed by atoms with Crippen LogP contribution in [0, 0.1) is 0 Å². The highest BCUT2D eigenvalue weighted by Crippen LogP contribution is 2.38. The topological polar surface area (TPSA) is 106 Å². The summed E-state index contributed by atoms with van der Waals surface area (Å²) >= 11 is 0. The van der Waals surface area contributed by atoms with Crippen molar-refractivity contribution >= 4 is 16.9 Å². The Morgan fingerprint density at radius 1 is 1.04 bits per heavy atom. The summed E-state index contributed by atoms with van der Waals surface area (Å²) in [6.45, 7) is 1.34. The predicted octanol–water partition coefficient (Wildman–Crippen LogP) is 2.90. The molecule has 0 bridgehead atoms. The maximum absolute atomic E-state index is 12.7. The van der Waals surface area contributed by atoms with Crippen molar-refractivity contribution in [2.75, 3.05) is 27.2 Å². The van der Waals surface area contributed by atoms with Gasteiger partial charge < -0.3 is 30.0 Å². The van der Waals surface area contributed by atoms with Gasteiger partial charge in [-0.05, 0) is 50.8 Å². The number of carbonyl (C=O) groups excluding carboxylic acids is 1. The minimum absolute atomic E-state index is 0.0828. The van der Waals surface area contributed by atoms with E-state index >= 15 is 0 Å². The van der Waals surface area contributed by atoms with Crippen LogP contribution in [0.3, 0.4) is 0 Å². The third-order valence-electron chi connectivity index (χ3n) is 4.19. The van der Waals surface area contributed by atoms with E-state index in [0.29, 0.717) is 28.6 Å². The number of phenols is 3. The molecule has 3 aromatic rings. The van der Waals surface area contributed by atoms with Crippen LogP contribution in [0.1, 0.15) is 16.8 Å². The molecule has 0 saturated carbocycles. The van der Waals surface area contributed by atoms with Crippen molar-refractivity contribution in [3.63, 3.8) is 0 Å². The molecule has 0 aliphatic rings. The zero-order valence-corrected chi connectivity index (χ0v) is 15.2. The van der Waals surface area contributed by atoms with Crippen molar-refractivity contribution in [1.82, 2.24) is 10.2 Å².